The third-order valence-corrected chi connectivity index (χ3v) is 6.24. The summed E-state index contributed by atoms with van der Waals surface area (Å²) in [4.78, 5) is 20.0. The van der Waals surface area contributed by atoms with E-state index in [0.717, 1.165) is 38.3 Å². The Bertz CT molecular complexity index is 780. The first-order valence-corrected chi connectivity index (χ1v) is 10.4. The van der Waals surface area contributed by atoms with E-state index in [4.69, 9.17) is 0 Å². The van der Waals surface area contributed by atoms with E-state index in [1.165, 1.54) is 44.6 Å². The molecule has 0 spiro atoms. The number of carbonyl (C=O) groups excluding carboxylic acids is 1. The summed E-state index contributed by atoms with van der Waals surface area (Å²) in [5, 5.41) is 9.24. The van der Waals surface area contributed by atoms with Crippen LogP contribution in [-0.4, -0.2) is 61.6 Å². The highest BCUT2D eigenvalue weighted by molar-refractivity contribution is 5.92. The van der Waals surface area contributed by atoms with Crippen molar-refractivity contribution in [1.82, 2.24) is 29.5 Å². The van der Waals surface area contributed by atoms with Crippen molar-refractivity contribution in [1.29, 1.82) is 0 Å². The van der Waals surface area contributed by atoms with Crippen LogP contribution in [-0.2, 0) is 6.54 Å². The maximum Gasteiger partial charge on any atom is 0.270 e. The van der Waals surface area contributed by atoms with Gasteiger partial charge in [0.25, 0.3) is 5.91 Å². The van der Waals surface area contributed by atoms with Gasteiger partial charge in [0.1, 0.15) is 17.3 Å². The molecule has 144 valence electrons. The summed E-state index contributed by atoms with van der Waals surface area (Å²) >= 11 is 0. The Morgan fingerprint density at radius 2 is 1.85 bits per heavy atom. The predicted molar refractivity (Wildman–Crippen MR) is 101 cm³/mol. The summed E-state index contributed by atoms with van der Waals surface area (Å²) in [7, 11) is 0. The number of rotatable bonds is 5. The maximum absolute atomic E-state index is 12.5. The number of H-pyrrole nitrogens is 1. The van der Waals surface area contributed by atoms with Crippen molar-refractivity contribution in [2.24, 2.45) is 0 Å². The van der Waals surface area contributed by atoms with Crippen LogP contribution in [0.3, 0.4) is 0 Å². The van der Waals surface area contributed by atoms with Crippen molar-refractivity contribution in [2.45, 2.75) is 57.0 Å². The Morgan fingerprint density at radius 1 is 1.07 bits per heavy atom. The van der Waals surface area contributed by atoms with E-state index >= 15 is 0 Å². The first kappa shape index (κ1) is 17.0. The second kappa shape index (κ2) is 7.11. The van der Waals surface area contributed by atoms with Crippen LogP contribution in [0, 0.1) is 0 Å². The van der Waals surface area contributed by atoms with E-state index in [9.17, 15) is 4.79 Å². The Hall–Kier alpha value is -2.15. The van der Waals surface area contributed by atoms with Crippen LogP contribution in [0.4, 0.5) is 0 Å². The molecule has 7 nitrogen and oxygen atoms in total. The molecule has 3 aliphatic rings. The molecule has 2 aromatic heterocycles. The van der Waals surface area contributed by atoms with E-state index in [2.05, 4.69) is 24.6 Å². The molecule has 1 aliphatic carbocycles. The van der Waals surface area contributed by atoms with Crippen LogP contribution in [0.1, 0.15) is 72.6 Å². The molecule has 4 heterocycles. The molecule has 2 aromatic rings. The minimum Gasteiger partial charge on any atom is -0.357 e. The molecule has 2 aliphatic heterocycles. The quantitative estimate of drug-likeness (QED) is 0.881. The van der Waals surface area contributed by atoms with Crippen LogP contribution in [0.15, 0.2) is 18.3 Å². The molecular formula is C20H28N6O. The standard InChI is InChI=1S/C20H28N6O/c27-20(17-4-3-9-21-17)25-12-7-15(8-13-25)19-23-22-18(26(19)16-5-6-16)14-24-10-1-2-11-24/h3-4,9,15-16,21H,1-2,5-8,10-14H2. The van der Waals surface area contributed by atoms with E-state index in [1.54, 1.807) is 6.20 Å². The zero-order chi connectivity index (χ0) is 18.2. The molecule has 1 saturated carbocycles. The largest absolute Gasteiger partial charge is 0.357 e. The number of nitrogens with zero attached hydrogens (tertiary/aromatic N) is 5. The Labute approximate surface area is 159 Å². The minimum atomic E-state index is 0.108. The van der Waals surface area contributed by atoms with Crippen molar-refractivity contribution in [3.8, 4) is 0 Å². The lowest BCUT2D eigenvalue weighted by atomic mass is 9.95. The van der Waals surface area contributed by atoms with Crippen LogP contribution in [0.25, 0.3) is 0 Å². The third-order valence-electron chi connectivity index (χ3n) is 6.24. The summed E-state index contributed by atoms with van der Waals surface area (Å²) in [6.45, 7) is 4.90. The van der Waals surface area contributed by atoms with Gasteiger partial charge in [-0.05, 0) is 63.7 Å². The molecule has 0 bridgehead atoms. The molecule has 0 aromatic carbocycles. The number of hydrogen-bond donors (Lipinski definition) is 1. The van der Waals surface area contributed by atoms with Gasteiger partial charge in [-0.15, -0.1) is 10.2 Å². The summed E-state index contributed by atoms with van der Waals surface area (Å²) in [5.41, 5.74) is 0.683. The lowest BCUT2D eigenvalue weighted by Gasteiger charge is -2.31. The molecule has 0 unspecified atom stereocenters. The van der Waals surface area contributed by atoms with E-state index in [-0.39, 0.29) is 5.91 Å². The molecule has 1 amide bonds. The van der Waals surface area contributed by atoms with Crippen LogP contribution < -0.4 is 0 Å². The van der Waals surface area contributed by atoms with Crippen molar-refractivity contribution in [2.75, 3.05) is 26.2 Å². The van der Waals surface area contributed by atoms with Crippen LogP contribution >= 0.6 is 0 Å². The number of hydrogen-bond acceptors (Lipinski definition) is 4. The van der Waals surface area contributed by atoms with Gasteiger partial charge in [-0.2, -0.15) is 0 Å². The highest BCUT2D eigenvalue weighted by Gasteiger charge is 2.34. The smallest absolute Gasteiger partial charge is 0.270 e. The molecular weight excluding hydrogens is 340 g/mol. The molecule has 3 fully saturated rings. The summed E-state index contributed by atoms with van der Waals surface area (Å²) < 4.78 is 2.45. The van der Waals surface area contributed by atoms with Crippen molar-refractivity contribution >= 4 is 5.91 Å². The fourth-order valence-corrected chi connectivity index (χ4v) is 4.57. The Morgan fingerprint density at radius 3 is 2.52 bits per heavy atom. The van der Waals surface area contributed by atoms with Gasteiger partial charge >= 0.3 is 0 Å². The minimum absolute atomic E-state index is 0.108. The topological polar surface area (TPSA) is 70.1 Å². The molecule has 7 heteroatoms. The number of amides is 1. The number of carbonyl (C=O) groups is 1. The first-order chi connectivity index (χ1) is 13.3. The fraction of sp³-hybridized carbons (Fsp3) is 0.650. The van der Waals surface area contributed by atoms with Crippen LogP contribution in [0.5, 0.6) is 0 Å². The molecule has 0 atom stereocenters. The lowest BCUT2D eigenvalue weighted by Crippen LogP contribution is -2.38. The fourth-order valence-electron chi connectivity index (χ4n) is 4.57. The van der Waals surface area contributed by atoms with Gasteiger partial charge in [0.15, 0.2) is 0 Å². The van der Waals surface area contributed by atoms with E-state index in [0.29, 0.717) is 17.7 Å². The zero-order valence-electron chi connectivity index (χ0n) is 15.8. The SMILES string of the molecule is O=C(c1ccc[nH]1)N1CCC(c2nnc(CN3CCCC3)n2C2CC2)CC1. The average Bonchev–Trinajstić information content (AvgIpc) is 3.12. The van der Waals surface area contributed by atoms with Crippen molar-refractivity contribution < 1.29 is 4.79 Å². The van der Waals surface area contributed by atoms with E-state index < -0.39 is 0 Å². The van der Waals surface area contributed by atoms with Crippen LogP contribution in [0.2, 0.25) is 0 Å². The monoisotopic (exact) mass is 368 g/mol. The normalized spacial score (nSPS) is 21.9. The second-order valence-corrected chi connectivity index (χ2v) is 8.21. The highest BCUT2D eigenvalue weighted by atomic mass is 16.2. The number of nitrogens with one attached hydrogen (secondary N) is 1. The van der Waals surface area contributed by atoms with Gasteiger partial charge < -0.3 is 14.5 Å². The number of likely N-dealkylation sites (tertiary alicyclic amines) is 2. The third kappa shape index (κ3) is 3.40. The maximum atomic E-state index is 12.5. The van der Waals surface area contributed by atoms with Gasteiger partial charge in [0, 0.05) is 31.2 Å². The number of piperidine rings is 1. The van der Waals surface area contributed by atoms with E-state index in [1.807, 2.05) is 17.0 Å². The number of aromatic nitrogens is 4. The Balaban J connectivity index is 1.28. The second-order valence-electron chi connectivity index (χ2n) is 8.21. The van der Waals surface area contributed by atoms with Gasteiger partial charge in [-0.3, -0.25) is 9.69 Å². The van der Waals surface area contributed by atoms with Gasteiger partial charge in [0.05, 0.1) is 6.54 Å². The van der Waals surface area contributed by atoms with Crippen molar-refractivity contribution in [3.63, 3.8) is 0 Å². The predicted octanol–water partition coefficient (Wildman–Crippen LogP) is 2.56. The lowest BCUT2D eigenvalue weighted by molar-refractivity contribution is 0.0705. The molecule has 2 saturated heterocycles. The Kier molecular flexibility index (Phi) is 4.47. The zero-order valence-corrected chi connectivity index (χ0v) is 15.8. The van der Waals surface area contributed by atoms with Gasteiger partial charge in [-0.25, -0.2) is 0 Å². The molecule has 5 rings (SSSR count). The molecule has 1 N–H and O–H groups in total. The van der Waals surface area contributed by atoms with Crippen molar-refractivity contribution in [3.05, 3.63) is 35.7 Å². The summed E-state index contributed by atoms with van der Waals surface area (Å²) in [5.74, 6) is 2.84. The highest BCUT2D eigenvalue weighted by Crippen LogP contribution is 2.40. The number of aromatic amines is 1. The summed E-state index contributed by atoms with van der Waals surface area (Å²) in [6, 6.07) is 4.33. The first-order valence-electron chi connectivity index (χ1n) is 10.4. The molecule has 27 heavy (non-hydrogen) atoms. The average molecular weight is 368 g/mol. The molecule has 0 radical (unpaired) electrons. The van der Waals surface area contributed by atoms with Gasteiger partial charge in [0.2, 0.25) is 0 Å². The summed E-state index contributed by atoms with van der Waals surface area (Å²) in [6.07, 6.45) is 8.86. The van der Waals surface area contributed by atoms with Gasteiger partial charge in [-0.1, -0.05) is 0 Å².